The van der Waals surface area contributed by atoms with E-state index in [1.54, 1.807) is 4.57 Å². The second kappa shape index (κ2) is 7.36. The largest absolute Gasteiger partial charge is 0.268 e. The second-order valence-corrected chi connectivity index (χ2v) is 7.19. The second-order valence-electron chi connectivity index (χ2n) is 5.81. The fraction of sp³-hybridized carbons (Fsp3) is 0.0476. The van der Waals surface area contributed by atoms with Gasteiger partial charge in [-0.3, -0.25) is 9.36 Å². The molecule has 4 rings (SSSR count). The van der Waals surface area contributed by atoms with Crippen LogP contribution in [-0.2, 0) is 5.75 Å². The first-order valence-corrected chi connectivity index (χ1v) is 9.53. The van der Waals surface area contributed by atoms with E-state index in [0.717, 1.165) is 11.3 Å². The van der Waals surface area contributed by atoms with E-state index in [1.165, 1.54) is 11.8 Å². The number of hydrogen-bond donors (Lipinski definition) is 0. The third kappa shape index (κ3) is 3.39. The molecule has 26 heavy (non-hydrogen) atoms. The molecule has 0 aliphatic heterocycles. The van der Waals surface area contributed by atoms with Crippen molar-refractivity contribution >= 4 is 34.3 Å². The van der Waals surface area contributed by atoms with Crippen LogP contribution in [0, 0.1) is 0 Å². The topological polar surface area (TPSA) is 34.9 Å². The molecule has 4 aromatic rings. The van der Waals surface area contributed by atoms with Crippen LogP contribution in [0.1, 0.15) is 5.56 Å². The average molecular weight is 379 g/mol. The van der Waals surface area contributed by atoms with Gasteiger partial charge in [0.05, 0.1) is 16.6 Å². The Hall–Kier alpha value is -2.56. The number of para-hydroxylation sites is 2. The molecule has 0 fully saturated rings. The van der Waals surface area contributed by atoms with Crippen molar-refractivity contribution in [3.05, 3.63) is 99.8 Å². The van der Waals surface area contributed by atoms with Gasteiger partial charge in [-0.15, -0.1) is 0 Å². The van der Waals surface area contributed by atoms with Gasteiger partial charge < -0.3 is 0 Å². The van der Waals surface area contributed by atoms with Crippen LogP contribution in [0.5, 0.6) is 0 Å². The third-order valence-corrected chi connectivity index (χ3v) is 5.26. The van der Waals surface area contributed by atoms with E-state index in [1.807, 2.05) is 78.9 Å². The Balaban J connectivity index is 1.83. The van der Waals surface area contributed by atoms with E-state index >= 15 is 0 Å². The summed E-state index contributed by atoms with van der Waals surface area (Å²) in [5, 5.41) is 1.98. The van der Waals surface area contributed by atoms with Crippen LogP contribution in [0.3, 0.4) is 0 Å². The SMILES string of the molecule is O=c1c2ccccc2nc(SCc2cccc(Cl)c2)n1-c1ccccc1. The molecular weight excluding hydrogens is 364 g/mol. The highest BCUT2D eigenvalue weighted by Gasteiger charge is 2.13. The summed E-state index contributed by atoms with van der Waals surface area (Å²) in [4.78, 5) is 17.8. The fourth-order valence-corrected chi connectivity index (χ4v) is 3.96. The zero-order valence-electron chi connectivity index (χ0n) is 13.8. The van der Waals surface area contributed by atoms with Crippen LogP contribution < -0.4 is 5.56 Å². The number of hydrogen-bond acceptors (Lipinski definition) is 3. The Morgan fingerprint density at radius 3 is 2.50 bits per heavy atom. The van der Waals surface area contributed by atoms with Gasteiger partial charge in [0.1, 0.15) is 0 Å². The van der Waals surface area contributed by atoms with Crippen molar-refractivity contribution in [2.24, 2.45) is 0 Å². The molecule has 0 saturated heterocycles. The maximum absolute atomic E-state index is 13.1. The molecule has 0 saturated carbocycles. The molecule has 0 aliphatic rings. The van der Waals surface area contributed by atoms with Crippen LogP contribution in [0.2, 0.25) is 5.02 Å². The van der Waals surface area contributed by atoms with Crippen molar-refractivity contribution in [2.75, 3.05) is 0 Å². The van der Waals surface area contributed by atoms with Crippen LogP contribution in [0.15, 0.2) is 88.8 Å². The first kappa shape index (κ1) is 16.9. The van der Waals surface area contributed by atoms with E-state index < -0.39 is 0 Å². The number of fused-ring (bicyclic) bond motifs is 1. The molecule has 0 radical (unpaired) electrons. The van der Waals surface area contributed by atoms with Crippen LogP contribution in [0.25, 0.3) is 16.6 Å². The number of halogens is 1. The Morgan fingerprint density at radius 2 is 1.69 bits per heavy atom. The van der Waals surface area contributed by atoms with Gasteiger partial charge in [-0.1, -0.05) is 65.8 Å². The normalized spacial score (nSPS) is 11.0. The number of benzene rings is 3. The molecular formula is C21H15ClN2OS. The number of aromatic nitrogens is 2. The zero-order valence-corrected chi connectivity index (χ0v) is 15.4. The Kier molecular flexibility index (Phi) is 4.78. The van der Waals surface area contributed by atoms with E-state index in [-0.39, 0.29) is 5.56 Å². The van der Waals surface area contributed by atoms with Gasteiger partial charge in [-0.2, -0.15) is 0 Å². The van der Waals surface area contributed by atoms with Gasteiger partial charge in [-0.05, 0) is 42.0 Å². The quantitative estimate of drug-likeness (QED) is 0.355. The van der Waals surface area contributed by atoms with Gasteiger partial charge in [0, 0.05) is 10.8 Å². The lowest BCUT2D eigenvalue weighted by molar-refractivity contribution is 0.819. The predicted molar refractivity (Wildman–Crippen MR) is 108 cm³/mol. The lowest BCUT2D eigenvalue weighted by Crippen LogP contribution is -2.21. The summed E-state index contributed by atoms with van der Waals surface area (Å²) in [6, 6.07) is 24.8. The Bertz CT molecular complexity index is 1130. The van der Waals surface area contributed by atoms with Crippen molar-refractivity contribution in [2.45, 2.75) is 10.9 Å². The summed E-state index contributed by atoms with van der Waals surface area (Å²) in [7, 11) is 0. The van der Waals surface area contributed by atoms with Gasteiger partial charge in [0.2, 0.25) is 0 Å². The highest BCUT2D eigenvalue weighted by atomic mass is 35.5. The maximum Gasteiger partial charge on any atom is 0.266 e. The monoisotopic (exact) mass is 378 g/mol. The standard InChI is InChI=1S/C21H15ClN2OS/c22-16-8-6-7-15(13-16)14-26-21-23-19-12-5-4-11-18(19)20(25)24(21)17-9-2-1-3-10-17/h1-13H,14H2. The minimum atomic E-state index is -0.0598. The number of rotatable bonds is 4. The molecule has 0 amide bonds. The zero-order chi connectivity index (χ0) is 17.9. The minimum absolute atomic E-state index is 0.0598. The fourth-order valence-electron chi connectivity index (χ4n) is 2.79. The molecule has 0 unspecified atom stereocenters. The molecule has 5 heteroatoms. The van der Waals surface area contributed by atoms with E-state index in [2.05, 4.69) is 0 Å². The maximum atomic E-state index is 13.1. The first-order chi connectivity index (χ1) is 12.7. The van der Waals surface area contributed by atoms with Gasteiger partial charge in [-0.25, -0.2) is 4.98 Å². The highest BCUT2D eigenvalue weighted by molar-refractivity contribution is 7.98. The van der Waals surface area contributed by atoms with Crippen molar-refractivity contribution < 1.29 is 0 Å². The first-order valence-electron chi connectivity index (χ1n) is 8.17. The van der Waals surface area contributed by atoms with Gasteiger partial charge >= 0.3 is 0 Å². The number of nitrogens with zero attached hydrogens (tertiary/aromatic N) is 2. The van der Waals surface area contributed by atoms with Crippen molar-refractivity contribution in [3.63, 3.8) is 0 Å². The van der Waals surface area contributed by atoms with E-state index in [9.17, 15) is 4.79 Å². The summed E-state index contributed by atoms with van der Waals surface area (Å²) >= 11 is 7.60. The predicted octanol–water partition coefficient (Wildman–Crippen LogP) is 5.33. The molecule has 0 atom stereocenters. The molecule has 3 nitrogen and oxygen atoms in total. The van der Waals surface area contributed by atoms with Gasteiger partial charge in [0.15, 0.2) is 5.16 Å². The summed E-state index contributed by atoms with van der Waals surface area (Å²) in [5.41, 5.74) is 2.54. The third-order valence-electron chi connectivity index (χ3n) is 4.02. The minimum Gasteiger partial charge on any atom is -0.268 e. The molecule has 0 spiro atoms. The molecule has 1 aromatic heterocycles. The Morgan fingerprint density at radius 1 is 0.923 bits per heavy atom. The number of thioether (sulfide) groups is 1. The van der Waals surface area contributed by atoms with Crippen molar-refractivity contribution in [1.82, 2.24) is 9.55 Å². The van der Waals surface area contributed by atoms with E-state index in [0.29, 0.717) is 26.8 Å². The summed E-state index contributed by atoms with van der Waals surface area (Å²) in [5.74, 6) is 0.679. The smallest absolute Gasteiger partial charge is 0.266 e. The summed E-state index contributed by atoms with van der Waals surface area (Å²) < 4.78 is 1.68. The van der Waals surface area contributed by atoms with Gasteiger partial charge in [0.25, 0.3) is 5.56 Å². The molecule has 0 N–H and O–H groups in total. The molecule has 0 aliphatic carbocycles. The lowest BCUT2D eigenvalue weighted by Gasteiger charge is -2.13. The lowest BCUT2D eigenvalue weighted by atomic mass is 10.2. The van der Waals surface area contributed by atoms with Crippen LogP contribution >= 0.6 is 23.4 Å². The highest BCUT2D eigenvalue weighted by Crippen LogP contribution is 2.25. The van der Waals surface area contributed by atoms with Crippen molar-refractivity contribution in [1.29, 1.82) is 0 Å². The average Bonchev–Trinajstić information content (AvgIpc) is 2.67. The van der Waals surface area contributed by atoms with E-state index in [4.69, 9.17) is 16.6 Å². The summed E-state index contributed by atoms with van der Waals surface area (Å²) in [6.07, 6.45) is 0. The van der Waals surface area contributed by atoms with Crippen LogP contribution in [0.4, 0.5) is 0 Å². The summed E-state index contributed by atoms with van der Waals surface area (Å²) in [6.45, 7) is 0. The molecule has 1 heterocycles. The Labute approximate surface area is 160 Å². The van der Waals surface area contributed by atoms with Crippen molar-refractivity contribution in [3.8, 4) is 5.69 Å². The van der Waals surface area contributed by atoms with Crippen LogP contribution in [-0.4, -0.2) is 9.55 Å². The molecule has 3 aromatic carbocycles. The molecule has 0 bridgehead atoms. The molecule has 128 valence electrons.